The largest absolute Gasteiger partial charge is 0.472 e. The molecule has 39 heavy (non-hydrogen) atoms. The number of nitrogens with zero attached hydrogens (tertiary/aromatic N) is 2. The van der Waals surface area contributed by atoms with Gasteiger partial charge in [-0.1, -0.05) is 25.1 Å². The third-order valence-electron chi connectivity index (χ3n) is 7.24. The lowest BCUT2D eigenvalue weighted by molar-refractivity contribution is -0.151. The number of ether oxygens (including phenoxy) is 2. The molecule has 1 aliphatic rings. The highest BCUT2D eigenvalue weighted by molar-refractivity contribution is 7.89. The number of rotatable bonds is 8. The lowest BCUT2D eigenvalue weighted by Crippen LogP contribution is -2.36. The van der Waals surface area contributed by atoms with Crippen molar-refractivity contribution in [3.05, 3.63) is 76.9 Å². The van der Waals surface area contributed by atoms with Gasteiger partial charge in [-0.3, -0.25) is 9.59 Å². The molecule has 0 fully saturated rings. The third-order valence-corrected chi connectivity index (χ3v) is 9.06. The van der Waals surface area contributed by atoms with Crippen molar-refractivity contribution in [2.24, 2.45) is 5.41 Å². The van der Waals surface area contributed by atoms with Crippen LogP contribution in [-0.2, 0) is 26.1 Å². The molecular weight excluding hydrogens is 520 g/mol. The lowest BCUT2D eigenvalue weighted by atomic mass is 9.73. The van der Waals surface area contributed by atoms with Crippen LogP contribution in [0.1, 0.15) is 73.0 Å². The van der Waals surface area contributed by atoms with Crippen molar-refractivity contribution in [3.8, 4) is 5.88 Å². The van der Waals surface area contributed by atoms with Crippen LogP contribution in [0.3, 0.4) is 0 Å². The highest BCUT2D eigenvalue weighted by atomic mass is 32.2. The number of hydrogen-bond donors (Lipinski definition) is 0. The van der Waals surface area contributed by atoms with E-state index < -0.39 is 27.3 Å². The van der Waals surface area contributed by atoms with E-state index in [1.165, 1.54) is 30.6 Å². The van der Waals surface area contributed by atoms with Gasteiger partial charge in [0.2, 0.25) is 15.9 Å². The molecule has 3 aromatic rings. The molecule has 2 atom stereocenters. The molecule has 9 nitrogen and oxygen atoms in total. The minimum atomic E-state index is -3.90. The lowest BCUT2D eigenvalue weighted by Gasteiger charge is -2.31. The molecule has 0 saturated heterocycles. The summed E-state index contributed by atoms with van der Waals surface area (Å²) >= 11 is 0. The first-order chi connectivity index (χ1) is 18.4. The van der Waals surface area contributed by atoms with Crippen LogP contribution in [0.2, 0.25) is 0 Å². The van der Waals surface area contributed by atoms with Crippen LogP contribution in [0.5, 0.6) is 5.88 Å². The summed E-state index contributed by atoms with van der Waals surface area (Å²) in [5.41, 5.74) is 1.32. The Morgan fingerprint density at radius 1 is 1.21 bits per heavy atom. The molecule has 0 amide bonds. The first kappa shape index (κ1) is 28.5. The average Bonchev–Trinajstić information content (AvgIpc) is 3.35. The van der Waals surface area contributed by atoms with E-state index in [1.807, 2.05) is 32.0 Å². The number of hydrogen-bond acceptors (Lipinski definition) is 8. The minimum Gasteiger partial charge on any atom is -0.472 e. The minimum absolute atomic E-state index is 0.0341. The van der Waals surface area contributed by atoms with Crippen molar-refractivity contribution in [1.82, 2.24) is 9.29 Å². The molecule has 3 heterocycles. The smallest absolute Gasteiger partial charge is 0.312 e. The van der Waals surface area contributed by atoms with Crippen LogP contribution in [0.4, 0.5) is 0 Å². The number of ketones is 1. The molecule has 0 aliphatic carbocycles. The number of fused-ring (bicyclic) bond motifs is 1. The fourth-order valence-electron chi connectivity index (χ4n) is 4.93. The van der Waals surface area contributed by atoms with E-state index in [-0.39, 0.29) is 41.5 Å². The number of aromatic nitrogens is 1. The standard InChI is InChI=1S/C29H34N2O7S/c1-7-22-17-31(39(34,35)25-9-8-14-30-27(25)37-22)16-21-15-20(11-10-18(21)2)26(29(4,5)28(33)36-6)24-13-12-23(38-24)19(3)32/h8-15,22,26H,7,16-17H2,1-6H3/t22-,26?/m1/s1. The fraction of sp³-hybridized carbons (Fsp3) is 0.414. The van der Waals surface area contributed by atoms with Gasteiger partial charge in [0.25, 0.3) is 0 Å². The summed E-state index contributed by atoms with van der Waals surface area (Å²) in [5.74, 6) is -0.540. The number of carbonyl (C=O) groups excluding carboxylic acids is 2. The summed E-state index contributed by atoms with van der Waals surface area (Å²) in [6.07, 6.45) is 1.76. The van der Waals surface area contributed by atoms with Gasteiger partial charge in [-0.2, -0.15) is 4.31 Å². The van der Waals surface area contributed by atoms with Crippen LogP contribution < -0.4 is 4.74 Å². The third kappa shape index (κ3) is 5.49. The van der Waals surface area contributed by atoms with E-state index in [9.17, 15) is 18.0 Å². The molecule has 0 saturated carbocycles. The molecule has 2 aromatic heterocycles. The molecule has 1 aromatic carbocycles. The molecule has 0 bridgehead atoms. The number of furan rings is 1. The summed E-state index contributed by atoms with van der Waals surface area (Å²) in [6.45, 7) is 9.03. The Balaban J connectivity index is 1.80. The fourth-order valence-corrected chi connectivity index (χ4v) is 6.45. The Hall–Kier alpha value is -3.50. The number of esters is 1. The van der Waals surface area contributed by atoms with Crippen molar-refractivity contribution in [3.63, 3.8) is 0 Å². The van der Waals surface area contributed by atoms with Gasteiger partial charge in [0.05, 0.1) is 25.0 Å². The summed E-state index contributed by atoms with van der Waals surface area (Å²) < 4.78 is 45.8. The second-order valence-electron chi connectivity index (χ2n) is 10.3. The second kappa shape index (κ2) is 10.9. The maximum Gasteiger partial charge on any atom is 0.312 e. The monoisotopic (exact) mass is 554 g/mol. The van der Waals surface area contributed by atoms with E-state index >= 15 is 0 Å². The van der Waals surface area contributed by atoms with Gasteiger partial charge in [-0.15, -0.1) is 0 Å². The summed E-state index contributed by atoms with van der Waals surface area (Å²) in [4.78, 5) is 29.0. The normalized spacial score (nSPS) is 17.9. The molecule has 1 aliphatic heterocycles. The number of benzene rings is 1. The molecular formula is C29H34N2O7S. The molecule has 4 rings (SSSR count). The summed E-state index contributed by atoms with van der Waals surface area (Å²) in [5, 5.41) is 0. The van der Waals surface area contributed by atoms with Crippen molar-refractivity contribution in [2.75, 3.05) is 13.7 Å². The van der Waals surface area contributed by atoms with E-state index in [1.54, 1.807) is 32.0 Å². The van der Waals surface area contributed by atoms with Crippen LogP contribution in [-0.4, -0.2) is 49.2 Å². The number of aryl methyl sites for hydroxylation is 1. The van der Waals surface area contributed by atoms with Crippen LogP contribution >= 0.6 is 0 Å². The van der Waals surface area contributed by atoms with Crippen molar-refractivity contribution < 1.29 is 31.9 Å². The van der Waals surface area contributed by atoms with Crippen LogP contribution in [0.25, 0.3) is 0 Å². The molecule has 0 N–H and O–H groups in total. The average molecular weight is 555 g/mol. The highest BCUT2D eigenvalue weighted by Crippen LogP contribution is 2.43. The predicted octanol–water partition coefficient (Wildman–Crippen LogP) is 4.88. The van der Waals surface area contributed by atoms with Crippen molar-refractivity contribution in [2.45, 2.75) is 64.5 Å². The van der Waals surface area contributed by atoms with E-state index in [0.717, 1.165) is 16.7 Å². The Morgan fingerprint density at radius 3 is 2.59 bits per heavy atom. The van der Waals surface area contributed by atoms with Crippen LogP contribution in [0, 0.1) is 12.3 Å². The summed E-state index contributed by atoms with van der Waals surface area (Å²) in [6, 6.07) is 12.0. The van der Waals surface area contributed by atoms with Gasteiger partial charge < -0.3 is 13.9 Å². The zero-order valence-corrected chi connectivity index (χ0v) is 23.9. The maximum atomic E-state index is 13.7. The quantitative estimate of drug-likeness (QED) is 0.286. The zero-order chi connectivity index (χ0) is 28.5. The van der Waals surface area contributed by atoms with E-state index in [0.29, 0.717) is 12.2 Å². The van der Waals surface area contributed by atoms with Crippen molar-refractivity contribution in [1.29, 1.82) is 0 Å². The number of sulfonamides is 1. The van der Waals surface area contributed by atoms with Gasteiger partial charge in [0, 0.05) is 19.7 Å². The number of carbonyl (C=O) groups is 2. The highest BCUT2D eigenvalue weighted by Gasteiger charge is 2.42. The van der Waals surface area contributed by atoms with Gasteiger partial charge in [0.1, 0.15) is 16.8 Å². The molecule has 0 spiro atoms. The molecule has 10 heteroatoms. The van der Waals surface area contributed by atoms with Crippen LogP contribution in [0.15, 0.2) is 58.0 Å². The number of pyridine rings is 1. The SMILES string of the molecule is CC[C@@H]1CN(Cc2cc(C(c3ccc(C(C)=O)o3)C(C)(C)C(=O)OC)ccc2C)S(=O)(=O)c2cccnc2O1. The molecule has 0 radical (unpaired) electrons. The zero-order valence-electron chi connectivity index (χ0n) is 23.1. The predicted molar refractivity (Wildman–Crippen MR) is 144 cm³/mol. The molecule has 1 unspecified atom stereocenters. The Kier molecular flexibility index (Phi) is 7.99. The number of methoxy groups -OCH3 is 1. The Labute approximate surface area is 229 Å². The summed E-state index contributed by atoms with van der Waals surface area (Å²) in [7, 11) is -2.57. The first-order valence-corrected chi connectivity index (χ1v) is 14.2. The Bertz CT molecular complexity index is 1490. The molecule has 208 valence electrons. The topological polar surface area (TPSA) is 116 Å². The second-order valence-corrected chi connectivity index (χ2v) is 12.2. The van der Waals surface area contributed by atoms with Gasteiger partial charge in [-0.25, -0.2) is 13.4 Å². The first-order valence-electron chi connectivity index (χ1n) is 12.8. The van der Waals surface area contributed by atoms with Gasteiger partial charge in [0.15, 0.2) is 11.5 Å². The van der Waals surface area contributed by atoms with E-state index in [2.05, 4.69) is 4.98 Å². The van der Waals surface area contributed by atoms with Gasteiger partial charge in [-0.05, 0) is 68.1 Å². The van der Waals surface area contributed by atoms with Gasteiger partial charge >= 0.3 is 5.97 Å². The number of Topliss-reactive ketones (excluding diaryl/α,β-unsaturated/α-hetero) is 1. The van der Waals surface area contributed by atoms with E-state index in [4.69, 9.17) is 13.9 Å². The maximum absolute atomic E-state index is 13.7. The Morgan fingerprint density at radius 2 is 1.95 bits per heavy atom. The van der Waals surface area contributed by atoms with Crippen molar-refractivity contribution >= 4 is 21.8 Å².